The zero-order chi connectivity index (χ0) is 33.2. The molecule has 3 heterocycles. The molecule has 1 aromatic carbocycles. The van der Waals surface area contributed by atoms with Gasteiger partial charge in [0.05, 0.1) is 12.2 Å². The number of hydrogen-bond acceptors (Lipinski definition) is 11. The number of rotatable bonds is 8. The van der Waals surface area contributed by atoms with E-state index in [2.05, 4.69) is 14.5 Å². The summed E-state index contributed by atoms with van der Waals surface area (Å²) in [4.78, 5) is 47.5. The number of nitrogens with one attached hydrogen (secondary N) is 1. The number of fused-ring (bicyclic) bond motifs is 1. The largest absolute Gasteiger partial charge is 0.756 e. The van der Waals surface area contributed by atoms with Gasteiger partial charge in [0.15, 0.2) is 6.33 Å². The molecule has 4 rings (SSSR count). The molecular weight excluding hydrogens is 643 g/mol. The Hall–Kier alpha value is -3.79. The molecule has 1 fully saturated rings. The summed E-state index contributed by atoms with van der Waals surface area (Å²) in [6.07, 6.45) is -14.3. The number of alkyl halides is 6. The molecule has 0 saturated carbocycles. The third kappa shape index (κ3) is 8.65. The molecule has 23 heteroatoms. The van der Waals surface area contributed by atoms with E-state index in [0.29, 0.717) is 0 Å². The van der Waals surface area contributed by atoms with E-state index in [4.69, 9.17) is 30.0 Å². The minimum Gasteiger partial charge on any atom is -0.756 e. The SMILES string of the molecule is Nc1nc2c(c(=O)[nH]1)n(CCOc1ccc(C(F)(F)F)cc1)c[n+]2[C@@H]1O[C@H](COP(=O)([O-])O)[C@@H](O)[C@H]1O.O=C(O)C(F)(F)F. The summed E-state index contributed by atoms with van der Waals surface area (Å²) in [6.45, 7) is -0.912. The number of carbonyl (C=O) groups is 1. The molecule has 1 saturated heterocycles. The standard InChI is InChI=1S/C19H21F3N5O9P.C2HF3O2/c20-19(21,22)9-1-3-10(4-2-9)34-6-5-26-8-27(15-12(26)16(30)25-18(23)24-15)17-14(29)13(28)11(36-17)7-35-37(31,32)33;3-2(4,5)1(6)7/h1-4,8,11,13-14,17,28-29H,5-7H2,(H4-,23,24,25,30,31,32,33);(H,6,7)/t11-,13-,14-,17-;/m1./s1. The number of ether oxygens (including phenoxy) is 2. The van der Waals surface area contributed by atoms with E-state index < -0.39 is 68.4 Å². The van der Waals surface area contributed by atoms with E-state index >= 15 is 0 Å². The normalized spacial score (nSPS) is 21.9. The van der Waals surface area contributed by atoms with Crippen molar-refractivity contribution in [3.63, 3.8) is 0 Å². The molecular formula is C21H22F6N5O11P. The topological polar surface area (TPSA) is 246 Å². The van der Waals surface area contributed by atoms with Crippen molar-refractivity contribution in [2.45, 2.75) is 43.4 Å². The lowest BCUT2D eigenvalue weighted by Gasteiger charge is -2.19. The van der Waals surface area contributed by atoms with E-state index in [1.54, 1.807) is 0 Å². The van der Waals surface area contributed by atoms with E-state index in [0.717, 1.165) is 24.3 Å². The third-order valence-electron chi connectivity index (χ3n) is 5.73. The summed E-state index contributed by atoms with van der Waals surface area (Å²) in [5, 5.41) is 27.9. The predicted octanol–water partition coefficient (Wildman–Crippen LogP) is -0.578. The third-order valence-corrected chi connectivity index (χ3v) is 6.20. The molecule has 5 atom stereocenters. The molecule has 0 amide bonds. The van der Waals surface area contributed by atoms with Gasteiger partial charge in [-0.15, -0.1) is 0 Å². The summed E-state index contributed by atoms with van der Waals surface area (Å²) in [5.74, 6) is -2.88. The number of nitrogens with zero attached hydrogens (tertiary/aromatic N) is 3. The van der Waals surface area contributed by atoms with Gasteiger partial charge < -0.3 is 44.8 Å². The van der Waals surface area contributed by atoms with Crippen LogP contribution in [0.3, 0.4) is 0 Å². The van der Waals surface area contributed by atoms with Crippen molar-refractivity contribution in [2.75, 3.05) is 18.9 Å². The van der Waals surface area contributed by atoms with Crippen LogP contribution in [-0.2, 0) is 31.3 Å². The van der Waals surface area contributed by atoms with Gasteiger partial charge in [-0.3, -0.25) is 18.9 Å². The highest BCUT2D eigenvalue weighted by Crippen LogP contribution is 2.34. The first kappa shape index (κ1) is 34.7. The molecule has 3 aromatic rings. The first-order valence-corrected chi connectivity index (χ1v) is 13.3. The van der Waals surface area contributed by atoms with Gasteiger partial charge in [-0.2, -0.15) is 26.3 Å². The van der Waals surface area contributed by atoms with Crippen LogP contribution in [0.15, 0.2) is 35.4 Å². The molecule has 7 N–H and O–H groups in total. The van der Waals surface area contributed by atoms with Gasteiger partial charge in [0.25, 0.3) is 19.3 Å². The number of aliphatic hydroxyl groups is 2. The number of aliphatic carboxylic acids is 1. The number of imidazole rings is 1. The molecule has 244 valence electrons. The number of hydrogen-bond donors (Lipinski definition) is 6. The number of phosphoric acid groups is 1. The number of aromatic amines is 1. The summed E-state index contributed by atoms with van der Waals surface area (Å²) in [7, 11) is -5.13. The molecule has 1 aliphatic heterocycles. The van der Waals surface area contributed by atoms with Gasteiger partial charge in [-0.25, -0.2) is 9.36 Å². The Morgan fingerprint density at radius 1 is 1.18 bits per heavy atom. The number of nitrogens with two attached hydrogens (primary N) is 1. The lowest BCUT2D eigenvalue weighted by molar-refractivity contribution is -0.746. The maximum absolute atomic E-state index is 12.7. The Balaban J connectivity index is 0.000000676. The molecule has 44 heavy (non-hydrogen) atoms. The van der Waals surface area contributed by atoms with Crippen LogP contribution in [0.4, 0.5) is 32.3 Å². The van der Waals surface area contributed by atoms with E-state index in [1.807, 2.05) is 0 Å². The second kappa shape index (κ2) is 13.1. The number of H-pyrrole nitrogens is 1. The molecule has 2 aromatic heterocycles. The monoisotopic (exact) mass is 665 g/mol. The van der Waals surface area contributed by atoms with Crippen LogP contribution < -0.4 is 25.5 Å². The number of carboxylic acid groups (broad SMARTS) is 1. The van der Waals surface area contributed by atoms with Crippen LogP contribution in [-0.4, -0.2) is 78.4 Å². The van der Waals surface area contributed by atoms with Gasteiger partial charge in [-0.05, 0) is 24.3 Å². The van der Waals surface area contributed by atoms with Gasteiger partial charge in [-0.1, -0.05) is 4.98 Å². The number of aliphatic hydroxyl groups excluding tert-OH is 2. The fraction of sp³-hybridized carbons (Fsp3) is 0.429. The Morgan fingerprint density at radius 3 is 2.30 bits per heavy atom. The lowest BCUT2D eigenvalue weighted by atomic mass is 10.1. The number of anilines is 1. The van der Waals surface area contributed by atoms with Gasteiger partial charge in [0.1, 0.15) is 37.2 Å². The second-order valence-electron chi connectivity index (χ2n) is 8.82. The molecule has 16 nitrogen and oxygen atoms in total. The first-order valence-electron chi connectivity index (χ1n) is 11.8. The number of aromatic nitrogens is 4. The molecule has 0 spiro atoms. The fourth-order valence-electron chi connectivity index (χ4n) is 3.80. The molecule has 0 bridgehead atoms. The smallest absolute Gasteiger partial charge is 0.490 e. The van der Waals surface area contributed by atoms with E-state index in [-0.39, 0.29) is 36.0 Å². The highest BCUT2D eigenvalue weighted by molar-refractivity contribution is 7.44. The maximum atomic E-state index is 12.7. The van der Waals surface area contributed by atoms with Crippen molar-refractivity contribution in [3.05, 3.63) is 46.5 Å². The van der Waals surface area contributed by atoms with E-state index in [9.17, 15) is 50.8 Å². The molecule has 0 aliphatic carbocycles. The Kier molecular flexibility index (Phi) is 10.3. The van der Waals surface area contributed by atoms with Gasteiger partial charge in [0, 0.05) is 0 Å². The van der Waals surface area contributed by atoms with E-state index in [1.165, 1.54) is 15.5 Å². The van der Waals surface area contributed by atoms with Crippen LogP contribution in [0.1, 0.15) is 11.8 Å². The minimum atomic E-state index is -5.13. The van der Waals surface area contributed by atoms with Crippen molar-refractivity contribution in [1.29, 1.82) is 0 Å². The average Bonchev–Trinajstić information content (AvgIpc) is 3.38. The summed E-state index contributed by atoms with van der Waals surface area (Å²) < 4.78 is 98.6. The number of carboxylic acids is 1. The zero-order valence-electron chi connectivity index (χ0n) is 21.6. The Bertz CT molecular complexity index is 1570. The summed E-state index contributed by atoms with van der Waals surface area (Å²) in [6, 6.07) is 4.01. The second-order valence-corrected chi connectivity index (χ2v) is 10.0. The highest BCUT2D eigenvalue weighted by atomic mass is 31.2. The van der Waals surface area contributed by atoms with Crippen molar-refractivity contribution in [2.24, 2.45) is 0 Å². The van der Waals surface area contributed by atoms with Crippen molar-refractivity contribution in [1.82, 2.24) is 14.5 Å². The maximum Gasteiger partial charge on any atom is 0.490 e. The van der Waals surface area contributed by atoms with Crippen molar-refractivity contribution >= 4 is 30.9 Å². The van der Waals surface area contributed by atoms with Crippen LogP contribution in [0.25, 0.3) is 11.2 Å². The van der Waals surface area contributed by atoms with Crippen LogP contribution in [0.5, 0.6) is 5.75 Å². The zero-order valence-corrected chi connectivity index (χ0v) is 22.5. The highest BCUT2D eigenvalue weighted by Gasteiger charge is 2.47. The molecule has 1 aliphatic rings. The van der Waals surface area contributed by atoms with Gasteiger partial charge in [0.2, 0.25) is 11.7 Å². The number of phosphoric ester groups is 1. The Morgan fingerprint density at radius 2 is 1.77 bits per heavy atom. The lowest BCUT2D eigenvalue weighted by Crippen LogP contribution is -2.46. The Labute approximate surface area is 240 Å². The number of halogens is 6. The quantitative estimate of drug-likeness (QED) is 0.100. The van der Waals surface area contributed by atoms with Crippen LogP contribution in [0.2, 0.25) is 0 Å². The average molecular weight is 665 g/mol. The van der Waals surface area contributed by atoms with Crippen LogP contribution in [0, 0.1) is 0 Å². The minimum absolute atomic E-state index is 0.0129. The van der Waals surface area contributed by atoms with Crippen molar-refractivity contribution < 1.29 is 79.4 Å². The van der Waals surface area contributed by atoms with Crippen molar-refractivity contribution in [3.8, 4) is 5.75 Å². The first-order chi connectivity index (χ1) is 20.2. The predicted molar refractivity (Wildman–Crippen MR) is 127 cm³/mol. The number of nitrogen functional groups attached to an aromatic ring is 1. The molecule has 0 radical (unpaired) electrons. The van der Waals surface area contributed by atoms with Crippen LogP contribution >= 0.6 is 7.82 Å². The summed E-state index contributed by atoms with van der Waals surface area (Å²) in [5.41, 5.74) is 4.04. The molecule has 1 unspecified atom stereocenters. The van der Waals surface area contributed by atoms with Gasteiger partial charge >= 0.3 is 24.0 Å². The fourth-order valence-corrected chi connectivity index (χ4v) is 4.13. The number of benzene rings is 1. The summed E-state index contributed by atoms with van der Waals surface area (Å²) >= 11 is 0.